The molecule has 0 unspecified atom stereocenters. The van der Waals surface area contributed by atoms with Crippen LogP contribution in [0.15, 0.2) is 30.5 Å². The topological polar surface area (TPSA) is 74.4 Å². The maximum absolute atomic E-state index is 11.9. The van der Waals surface area contributed by atoms with Gasteiger partial charge in [0.2, 0.25) is 5.88 Å². The van der Waals surface area contributed by atoms with E-state index in [0.29, 0.717) is 16.5 Å². The lowest BCUT2D eigenvalue weighted by molar-refractivity contribution is 0.0523. The molecule has 1 aromatic carbocycles. The number of hydrogen-bond acceptors (Lipinski definition) is 5. The molecule has 0 amide bonds. The number of hydrogen-bond donors (Lipinski definition) is 1. The number of aromatic nitrogens is 1. The molecule has 5 nitrogen and oxygen atoms in total. The predicted octanol–water partition coefficient (Wildman–Crippen LogP) is 3.59. The van der Waals surface area contributed by atoms with E-state index in [9.17, 15) is 4.79 Å². The molecule has 0 aliphatic rings. The molecule has 2 aromatic rings. The first kappa shape index (κ1) is 15.1. The second-order valence-corrected chi connectivity index (χ2v) is 4.78. The molecule has 1 aromatic heterocycles. The molecule has 0 aliphatic carbocycles. The average molecular weight is 307 g/mol. The van der Waals surface area contributed by atoms with Gasteiger partial charge in [0.25, 0.3) is 0 Å². The standard InChI is InChI=1S/C15H15ClN2O3/c1-3-20-15(19)11-7-10(17)8-18-14(11)21-13-6-9(2)4-5-12(13)16/h4-8H,3,17H2,1-2H3. The summed E-state index contributed by atoms with van der Waals surface area (Å²) in [7, 11) is 0. The van der Waals surface area contributed by atoms with Crippen molar-refractivity contribution in [3.8, 4) is 11.6 Å². The number of benzene rings is 1. The Bertz CT molecular complexity index is 674. The van der Waals surface area contributed by atoms with Crippen LogP contribution >= 0.6 is 11.6 Å². The van der Waals surface area contributed by atoms with Crippen molar-refractivity contribution in [2.75, 3.05) is 12.3 Å². The number of rotatable bonds is 4. The molecule has 0 radical (unpaired) electrons. The minimum absolute atomic E-state index is 0.107. The molecule has 110 valence electrons. The summed E-state index contributed by atoms with van der Waals surface area (Å²) >= 11 is 6.08. The number of halogens is 1. The smallest absolute Gasteiger partial charge is 0.343 e. The third kappa shape index (κ3) is 3.64. The maximum atomic E-state index is 11.9. The highest BCUT2D eigenvalue weighted by molar-refractivity contribution is 6.32. The molecule has 2 rings (SSSR count). The number of ether oxygens (including phenoxy) is 2. The molecule has 6 heteroatoms. The van der Waals surface area contributed by atoms with Crippen molar-refractivity contribution < 1.29 is 14.3 Å². The maximum Gasteiger partial charge on any atom is 0.343 e. The van der Waals surface area contributed by atoms with Gasteiger partial charge in [-0.25, -0.2) is 9.78 Å². The summed E-state index contributed by atoms with van der Waals surface area (Å²) in [5.74, 6) is -0.0225. The summed E-state index contributed by atoms with van der Waals surface area (Å²) in [6, 6.07) is 6.80. The van der Waals surface area contributed by atoms with Gasteiger partial charge >= 0.3 is 5.97 Å². The summed E-state index contributed by atoms with van der Waals surface area (Å²) < 4.78 is 10.6. The highest BCUT2D eigenvalue weighted by Crippen LogP contribution is 2.31. The number of carbonyl (C=O) groups excluding carboxylic acids is 1. The highest BCUT2D eigenvalue weighted by atomic mass is 35.5. The van der Waals surface area contributed by atoms with Gasteiger partial charge in [0.15, 0.2) is 0 Å². The first-order valence-corrected chi connectivity index (χ1v) is 6.75. The third-order valence-corrected chi connectivity index (χ3v) is 2.97. The lowest BCUT2D eigenvalue weighted by atomic mass is 10.2. The minimum atomic E-state index is -0.545. The van der Waals surface area contributed by atoms with Crippen LogP contribution in [0.25, 0.3) is 0 Å². The molecule has 0 atom stereocenters. The number of pyridine rings is 1. The fourth-order valence-electron chi connectivity index (χ4n) is 1.70. The van der Waals surface area contributed by atoms with Crippen molar-refractivity contribution in [3.63, 3.8) is 0 Å². The number of anilines is 1. The van der Waals surface area contributed by atoms with Crippen LogP contribution in [0.1, 0.15) is 22.8 Å². The van der Waals surface area contributed by atoms with Gasteiger partial charge in [0, 0.05) is 0 Å². The summed E-state index contributed by atoms with van der Waals surface area (Å²) in [6.45, 7) is 3.87. The molecule has 0 spiro atoms. The zero-order valence-electron chi connectivity index (χ0n) is 11.7. The summed E-state index contributed by atoms with van der Waals surface area (Å²) in [6.07, 6.45) is 1.40. The SMILES string of the molecule is CCOC(=O)c1cc(N)cnc1Oc1cc(C)ccc1Cl. The Morgan fingerprint density at radius 3 is 2.86 bits per heavy atom. The first-order valence-electron chi connectivity index (χ1n) is 6.38. The average Bonchev–Trinajstić information content (AvgIpc) is 2.45. The van der Waals surface area contributed by atoms with Crippen molar-refractivity contribution >= 4 is 23.3 Å². The number of nitrogens with zero attached hydrogens (tertiary/aromatic N) is 1. The molecule has 1 heterocycles. The van der Waals surface area contributed by atoms with Crippen LogP contribution in [0.2, 0.25) is 5.02 Å². The van der Waals surface area contributed by atoms with E-state index in [1.807, 2.05) is 13.0 Å². The molecule has 0 bridgehead atoms. The highest BCUT2D eigenvalue weighted by Gasteiger charge is 2.17. The lowest BCUT2D eigenvalue weighted by Crippen LogP contribution is -2.08. The number of carbonyl (C=O) groups is 1. The summed E-state index contributed by atoms with van der Waals surface area (Å²) in [4.78, 5) is 16.0. The van der Waals surface area contributed by atoms with E-state index >= 15 is 0 Å². The van der Waals surface area contributed by atoms with Gasteiger partial charge in [0.1, 0.15) is 11.3 Å². The van der Waals surface area contributed by atoms with Gasteiger partial charge in [-0.1, -0.05) is 17.7 Å². The molecule has 0 saturated heterocycles. The molecule has 0 saturated carbocycles. The van der Waals surface area contributed by atoms with Gasteiger partial charge in [-0.05, 0) is 37.6 Å². The molecule has 0 aliphatic heterocycles. The second kappa shape index (κ2) is 6.45. The first-order chi connectivity index (χ1) is 10.0. The lowest BCUT2D eigenvalue weighted by Gasteiger charge is -2.11. The van der Waals surface area contributed by atoms with Crippen LogP contribution in [0, 0.1) is 6.92 Å². The normalized spacial score (nSPS) is 10.2. The van der Waals surface area contributed by atoms with Crippen LogP contribution in [0.5, 0.6) is 11.6 Å². The number of nitrogen functional groups attached to an aromatic ring is 1. The predicted molar refractivity (Wildman–Crippen MR) is 80.9 cm³/mol. The molecule has 21 heavy (non-hydrogen) atoms. The molecular weight excluding hydrogens is 292 g/mol. The fourth-order valence-corrected chi connectivity index (χ4v) is 1.85. The van der Waals surface area contributed by atoms with Gasteiger partial charge in [-0.15, -0.1) is 0 Å². The van der Waals surface area contributed by atoms with Crippen molar-refractivity contribution in [3.05, 3.63) is 46.6 Å². The van der Waals surface area contributed by atoms with E-state index in [1.165, 1.54) is 12.3 Å². The molecular formula is C15H15ClN2O3. The zero-order chi connectivity index (χ0) is 15.4. The molecule has 0 fully saturated rings. The Kier molecular flexibility index (Phi) is 4.65. The molecule has 2 N–H and O–H groups in total. The van der Waals surface area contributed by atoms with E-state index in [-0.39, 0.29) is 18.1 Å². The summed E-state index contributed by atoms with van der Waals surface area (Å²) in [5, 5.41) is 0.425. The van der Waals surface area contributed by atoms with Crippen molar-refractivity contribution in [2.45, 2.75) is 13.8 Å². The van der Waals surface area contributed by atoms with Crippen LogP contribution < -0.4 is 10.5 Å². The van der Waals surface area contributed by atoms with Gasteiger partial charge in [-0.2, -0.15) is 0 Å². The van der Waals surface area contributed by atoms with Crippen LogP contribution in [0.4, 0.5) is 5.69 Å². The van der Waals surface area contributed by atoms with Crippen molar-refractivity contribution in [1.82, 2.24) is 4.98 Å². The van der Waals surface area contributed by atoms with E-state index < -0.39 is 5.97 Å². The van der Waals surface area contributed by atoms with Gasteiger partial charge < -0.3 is 15.2 Å². The van der Waals surface area contributed by atoms with E-state index in [1.54, 1.807) is 19.1 Å². The zero-order valence-corrected chi connectivity index (χ0v) is 12.5. The van der Waals surface area contributed by atoms with Crippen LogP contribution in [0.3, 0.4) is 0 Å². The number of nitrogens with two attached hydrogens (primary N) is 1. The van der Waals surface area contributed by atoms with E-state index in [4.69, 9.17) is 26.8 Å². The Labute approximate surface area is 127 Å². The van der Waals surface area contributed by atoms with Gasteiger partial charge in [-0.3, -0.25) is 0 Å². The Balaban J connectivity index is 2.39. The van der Waals surface area contributed by atoms with Crippen LogP contribution in [-0.4, -0.2) is 17.6 Å². The fraction of sp³-hybridized carbons (Fsp3) is 0.200. The largest absolute Gasteiger partial charge is 0.462 e. The second-order valence-electron chi connectivity index (χ2n) is 4.38. The van der Waals surface area contributed by atoms with Crippen LogP contribution in [-0.2, 0) is 4.74 Å². The Morgan fingerprint density at radius 2 is 2.14 bits per heavy atom. The third-order valence-electron chi connectivity index (χ3n) is 2.66. The van der Waals surface area contributed by atoms with Gasteiger partial charge in [0.05, 0.1) is 23.5 Å². The minimum Gasteiger partial charge on any atom is -0.462 e. The van der Waals surface area contributed by atoms with E-state index in [2.05, 4.69) is 4.98 Å². The quantitative estimate of drug-likeness (QED) is 0.874. The monoisotopic (exact) mass is 306 g/mol. The van der Waals surface area contributed by atoms with E-state index in [0.717, 1.165) is 5.56 Å². The number of aryl methyl sites for hydroxylation is 1. The van der Waals surface area contributed by atoms with Crippen molar-refractivity contribution in [1.29, 1.82) is 0 Å². The summed E-state index contributed by atoms with van der Waals surface area (Å²) in [5.41, 5.74) is 7.14. The Hall–Kier alpha value is -2.27. The van der Waals surface area contributed by atoms with Crippen molar-refractivity contribution in [2.24, 2.45) is 0 Å². The number of esters is 1. The Morgan fingerprint density at radius 1 is 1.38 bits per heavy atom.